The molecule has 112 valence electrons. The number of halogens is 1. The number of nitrogens with zero attached hydrogens (tertiary/aromatic N) is 1. The number of benzene rings is 1. The van der Waals surface area contributed by atoms with Crippen LogP contribution in [0.4, 0.5) is 4.39 Å². The average Bonchev–Trinajstić information content (AvgIpc) is 2.79. The summed E-state index contributed by atoms with van der Waals surface area (Å²) in [5, 5.41) is 10.4. The molecule has 2 rings (SSSR count). The number of likely N-dealkylation sites (tertiary alicyclic amines) is 1. The van der Waals surface area contributed by atoms with Crippen molar-refractivity contribution in [1.82, 2.24) is 4.90 Å². The van der Waals surface area contributed by atoms with Gasteiger partial charge in [-0.2, -0.15) is 0 Å². The standard InChI is InChI=1S/C17H26FNO/c1-4-14-10-9-13(3)19(14)11-12(2)17(20)15-7-5-6-8-16(15)18/h5-8,12-14,17,20H,4,9-11H2,1-3H3. The highest BCUT2D eigenvalue weighted by molar-refractivity contribution is 5.20. The van der Waals surface area contributed by atoms with E-state index in [1.807, 2.05) is 6.92 Å². The fourth-order valence-electron chi connectivity index (χ4n) is 3.35. The van der Waals surface area contributed by atoms with Gasteiger partial charge in [-0.1, -0.05) is 32.0 Å². The first-order valence-corrected chi connectivity index (χ1v) is 7.72. The Labute approximate surface area is 121 Å². The van der Waals surface area contributed by atoms with E-state index >= 15 is 0 Å². The van der Waals surface area contributed by atoms with Crippen LogP contribution in [-0.2, 0) is 0 Å². The summed E-state index contributed by atoms with van der Waals surface area (Å²) in [4.78, 5) is 2.48. The monoisotopic (exact) mass is 279 g/mol. The Hall–Kier alpha value is -0.930. The topological polar surface area (TPSA) is 23.5 Å². The lowest BCUT2D eigenvalue weighted by Crippen LogP contribution is -2.39. The van der Waals surface area contributed by atoms with E-state index in [2.05, 4.69) is 18.7 Å². The molecular weight excluding hydrogens is 253 g/mol. The van der Waals surface area contributed by atoms with E-state index in [1.54, 1.807) is 18.2 Å². The Morgan fingerprint density at radius 3 is 2.70 bits per heavy atom. The van der Waals surface area contributed by atoms with Crippen LogP contribution in [0.5, 0.6) is 0 Å². The van der Waals surface area contributed by atoms with Gasteiger partial charge in [0.1, 0.15) is 5.82 Å². The summed E-state index contributed by atoms with van der Waals surface area (Å²) in [6.07, 6.45) is 2.87. The van der Waals surface area contributed by atoms with Crippen molar-refractivity contribution in [3.05, 3.63) is 35.6 Å². The van der Waals surface area contributed by atoms with Gasteiger partial charge in [0.2, 0.25) is 0 Å². The number of rotatable bonds is 5. The van der Waals surface area contributed by atoms with E-state index in [4.69, 9.17) is 0 Å². The second-order valence-corrected chi connectivity index (χ2v) is 6.13. The van der Waals surface area contributed by atoms with Crippen molar-refractivity contribution in [2.45, 2.75) is 58.2 Å². The molecule has 3 heteroatoms. The summed E-state index contributed by atoms with van der Waals surface area (Å²) in [5.74, 6) is -0.283. The molecule has 20 heavy (non-hydrogen) atoms. The van der Waals surface area contributed by atoms with E-state index in [-0.39, 0.29) is 11.7 Å². The third-order valence-corrected chi connectivity index (χ3v) is 4.69. The Morgan fingerprint density at radius 2 is 2.05 bits per heavy atom. The quantitative estimate of drug-likeness (QED) is 0.887. The smallest absolute Gasteiger partial charge is 0.129 e. The molecule has 0 aromatic heterocycles. The van der Waals surface area contributed by atoms with Gasteiger partial charge in [-0.25, -0.2) is 4.39 Å². The third kappa shape index (κ3) is 3.21. The molecule has 0 saturated carbocycles. The molecule has 1 aromatic rings. The second-order valence-electron chi connectivity index (χ2n) is 6.13. The predicted molar refractivity (Wildman–Crippen MR) is 80.0 cm³/mol. The van der Waals surface area contributed by atoms with E-state index in [0.717, 1.165) is 13.0 Å². The summed E-state index contributed by atoms with van der Waals surface area (Å²) >= 11 is 0. The minimum atomic E-state index is -0.735. The zero-order valence-corrected chi connectivity index (χ0v) is 12.7. The van der Waals surface area contributed by atoms with E-state index in [9.17, 15) is 9.50 Å². The highest BCUT2D eigenvalue weighted by atomic mass is 19.1. The van der Waals surface area contributed by atoms with Gasteiger partial charge >= 0.3 is 0 Å². The number of hydrogen-bond donors (Lipinski definition) is 1. The minimum Gasteiger partial charge on any atom is -0.388 e. The van der Waals surface area contributed by atoms with Crippen LogP contribution in [0.3, 0.4) is 0 Å². The Bertz CT molecular complexity index is 437. The Balaban J connectivity index is 2.04. The molecule has 0 radical (unpaired) electrons. The van der Waals surface area contributed by atoms with Crippen LogP contribution in [0.25, 0.3) is 0 Å². The highest BCUT2D eigenvalue weighted by Gasteiger charge is 2.32. The van der Waals surface area contributed by atoms with Gasteiger partial charge in [0.25, 0.3) is 0 Å². The van der Waals surface area contributed by atoms with Gasteiger partial charge in [-0.05, 0) is 38.2 Å². The van der Waals surface area contributed by atoms with Crippen LogP contribution >= 0.6 is 0 Å². The summed E-state index contributed by atoms with van der Waals surface area (Å²) in [7, 11) is 0. The van der Waals surface area contributed by atoms with Crippen molar-refractivity contribution in [2.24, 2.45) is 5.92 Å². The van der Waals surface area contributed by atoms with Crippen molar-refractivity contribution >= 4 is 0 Å². The first-order valence-electron chi connectivity index (χ1n) is 7.72. The van der Waals surface area contributed by atoms with Gasteiger partial charge < -0.3 is 5.11 Å². The maximum absolute atomic E-state index is 13.8. The number of hydrogen-bond acceptors (Lipinski definition) is 2. The SMILES string of the molecule is CCC1CCC(C)N1CC(C)C(O)c1ccccc1F. The summed E-state index contributed by atoms with van der Waals surface area (Å²) < 4.78 is 13.8. The lowest BCUT2D eigenvalue weighted by atomic mass is 9.96. The molecule has 0 aliphatic carbocycles. The predicted octanol–water partition coefficient (Wildman–Crippen LogP) is 3.76. The molecule has 1 aliphatic heterocycles. The van der Waals surface area contributed by atoms with Crippen molar-refractivity contribution < 1.29 is 9.50 Å². The largest absolute Gasteiger partial charge is 0.388 e. The summed E-state index contributed by atoms with van der Waals surface area (Å²) in [6.45, 7) is 7.30. The van der Waals surface area contributed by atoms with Crippen LogP contribution in [0, 0.1) is 11.7 Å². The molecule has 1 aromatic carbocycles. The molecule has 1 N–H and O–H groups in total. The average molecular weight is 279 g/mol. The maximum atomic E-state index is 13.8. The molecule has 1 aliphatic rings. The van der Waals surface area contributed by atoms with Gasteiger partial charge in [-0.15, -0.1) is 0 Å². The second kappa shape index (κ2) is 6.68. The lowest BCUT2D eigenvalue weighted by Gasteiger charge is -2.32. The van der Waals surface area contributed by atoms with E-state index in [1.165, 1.54) is 18.9 Å². The molecule has 2 nitrogen and oxygen atoms in total. The van der Waals surface area contributed by atoms with Crippen LogP contribution in [0.15, 0.2) is 24.3 Å². The fraction of sp³-hybridized carbons (Fsp3) is 0.647. The lowest BCUT2D eigenvalue weighted by molar-refractivity contribution is 0.0702. The van der Waals surface area contributed by atoms with E-state index in [0.29, 0.717) is 17.6 Å². The summed E-state index contributed by atoms with van der Waals surface area (Å²) in [5.41, 5.74) is 0.417. The highest BCUT2D eigenvalue weighted by Crippen LogP contribution is 2.31. The zero-order chi connectivity index (χ0) is 14.7. The molecule has 1 saturated heterocycles. The minimum absolute atomic E-state index is 0.0292. The van der Waals surface area contributed by atoms with E-state index < -0.39 is 6.10 Å². The number of aliphatic hydroxyl groups excluding tert-OH is 1. The Kier molecular flexibility index (Phi) is 5.17. The van der Waals surface area contributed by atoms with Gasteiger partial charge in [0.15, 0.2) is 0 Å². The first kappa shape index (κ1) is 15.5. The first-order chi connectivity index (χ1) is 9.54. The van der Waals surface area contributed by atoms with Gasteiger partial charge in [0.05, 0.1) is 6.10 Å². The van der Waals surface area contributed by atoms with Crippen molar-refractivity contribution in [2.75, 3.05) is 6.54 Å². The molecule has 4 unspecified atom stereocenters. The molecule has 4 atom stereocenters. The maximum Gasteiger partial charge on any atom is 0.129 e. The van der Waals surface area contributed by atoms with Crippen molar-refractivity contribution in [3.8, 4) is 0 Å². The van der Waals surface area contributed by atoms with Crippen molar-refractivity contribution in [3.63, 3.8) is 0 Å². The van der Waals surface area contributed by atoms with Crippen LogP contribution < -0.4 is 0 Å². The normalized spacial score (nSPS) is 26.6. The molecular formula is C17H26FNO. The molecule has 0 amide bonds. The summed E-state index contributed by atoms with van der Waals surface area (Å²) in [6, 6.07) is 7.71. The molecule has 1 heterocycles. The fourth-order valence-corrected chi connectivity index (χ4v) is 3.35. The molecule has 1 fully saturated rings. The van der Waals surface area contributed by atoms with Gasteiger partial charge in [0, 0.05) is 24.2 Å². The van der Waals surface area contributed by atoms with Crippen LogP contribution in [-0.4, -0.2) is 28.6 Å². The van der Waals surface area contributed by atoms with Gasteiger partial charge in [-0.3, -0.25) is 4.90 Å². The van der Waals surface area contributed by atoms with Crippen molar-refractivity contribution in [1.29, 1.82) is 0 Å². The number of aliphatic hydroxyl groups is 1. The van der Waals surface area contributed by atoms with Crippen LogP contribution in [0.2, 0.25) is 0 Å². The zero-order valence-electron chi connectivity index (χ0n) is 12.7. The third-order valence-electron chi connectivity index (χ3n) is 4.69. The Morgan fingerprint density at radius 1 is 1.35 bits per heavy atom. The van der Waals surface area contributed by atoms with Crippen LogP contribution in [0.1, 0.15) is 51.7 Å². The molecule has 0 spiro atoms. The molecule has 0 bridgehead atoms.